The van der Waals surface area contributed by atoms with Crippen molar-refractivity contribution in [3.63, 3.8) is 0 Å². The second-order valence-electron chi connectivity index (χ2n) is 8.91. The third-order valence-electron chi connectivity index (χ3n) is 7.75. The molecule has 0 amide bonds. The van der Waals surface area contributed by atoms with Gasteiger partial charge in [-0.25, -0.2) is 0 Å². The van der Waals surface area contributed by atoms with Gasteiger partial charge in [-0.1, -0.05) is 66.5 Å². The van der Waals surface area contributed by atoms with Crippen molar-refractivity contribution in [3.8, 4) is 0 Å². The van der Waals surface area contributed by atoms with Gasteiger partial charge in [0.05, 0.1) is 0 Å². The molecule has 0 N–H and O–H groups in total. The van der Waals surface area contributed by atoms with Crippen molar-refractivity contribution in [2.45, 2.75) is 81.1 Å². The van der Waals surface area contributed by atoms with E-state index in [0.717, 1.165) is 0 Å². The van der Waals surface area contributed by atoms with Crippen LogP contribution in [0, 0.1) is 61.8 Å². The molecule has 162 valence electrons. The molecular formula is C29H42Hf. The molecule has 30 heavy (non-hydrogen) atoms. The molecule has 0 aromatic heterocycles. The van der Waals surface area contributed by atoms with Crippen molar-refractivity contribution in [2.75, 3.05) is 0 Å². The van der Waals surface area contributed by atoms with Crippen LogP contribution in [0.1, 0.15) is 71.2 Å². The van der Waals surface area contributed by atoms with Gasteiger partial charge in [-0.05, 0) is 31.1 Å². The van der Waals surface area contributed by atoms with Crippen LogP contribution in [0.25, 0.3) is 10.8 Å². The maximum absolute atomic E-state index is 2.45. The first kappa shape index (κ1) is 29.1. The third kappa shape index (κ3) is 5.09. The second kappa shape index (κ2) is 11.1. The maximum Gasteiger partial charge on any atom is 4.00 e. The molecule has 0 nitrogen and oxygen atoms in total. The smallest absolute Gasteiger partial charge is 0.358 e. The third-order valence-corrected chi connectivity index (χ3v) is 7.75. The van der Waals surface area contributed by atoms with Gasteiger partial charge in [0.2, 0.25) is 0 Å². The largest absolute Gasteiger partial charge is 4.00 e. The zero-order valence-electron chi connectivity index (χ0n) is 21.1. The van der Waals surface area contributed by atoms with Crippen molar-refractivity contribution < 1.29 is 25.8 Å². The minimum Gasteiger partial charge on any atom is -0.358 e. The standard InChI is InChI=1S/C17H21.C10H15.2CH3.Hf/c1-4-17(5-2)10-14-8-13-7-6-12(3)16(13)9-15(14)11-17;1-6-7(2)9(4)10(5)8(6)3;;;/h6-9H,4-5,10-11H2,1-3H3;1-5H3;2*1H3;/q4*-1;+4. The Balaban J connectivity index is 0.000000569. The van der Waals surface area contributed by atoms with E-state index in [0.29, 0.717) is 5.41 Å². The first-order chi connectivity index (χ1) is 12.7. The van der Waals surface area contributed by atoms with Crippen molar-refractivity contribution in [1.82, 2.24) is 0 Å². The summed E-state index contributed by atoms with van der Waals surface area (Å²) in [4.78, 5) is 0. The van der Waals surface area contributed by atoms with Crippen molar-refractivity contribution in [1.29, 1.82) is 0 Å². The molecule has 0 radical (unpaired) electrons. The van der Waals surface area contributed by atoms with E-state index < -0.39 is 0 Å². The molecular weight excluding hydrogens is 527 g/mol. The van der Waals surface area contributed by atoms with Gasteiger partial charge in [-0.15, -0.1) is 28.5 Å². The Morgan fingerprint density at radius 1 is 0.833 bits per heavy atom. The minimum atomic E-state index is 0. The SMILES string of the molecule is CCC1(CC)Cc2cc3cc[c-](C)c3cc2C1.Cc1c(C)c(C)[c-](C)c1C.[CH3-].[CH3-].[Hf+4]. The average Bonchev–Trinajstić information content (AvgIpc) is 3.28. The summed E-state index contributed by atoms with van der Waals surface area (Å²) in [7, 11) is 0. The topological polar surface area (TPSA) is 0 Å². The molecule has 0 spiro atoms. The predicted octanol–water partition coefficient (Wildman–Crippen LogP) is 8.62. The van der Waals surface area contributed by atoms with Gasteiger partial charge in [-0.2, -0.15) is 39.9 Å². The molecule has 3 aromatic rings. The fraction of sp³-hybridized carbons (Fsp3) is 0.448. The Hall–Kier alpha value is -0.950. The minimum absolute atomic E-state index is 0. The Kier molecular flexibility index (Phi) is 10.7. The molecule has 0 saturated heterocycles. The van der Waals surface area contributed by atoms with E-state index in [9.17, 15) is 0 Å². The van der Waals surface area contributed by atoms with Crippen LogP contribution in [-0.4, -0.2) is 0 Å². The van der Waals surface area contributed by atoms with Crippen molar-refractivity contribution >= 4 is 10.8 Å². The predicted molar refractivity (Wildman–Crippen MR) is 133 cm³/mol. The van der Waals surface area contributed by atoms with Crippen LogP contribution in [0.3, 0.4) is 0 Å². The van der Waals surface area contributed by atoms with E-state index in [1.165, 1.54) is 69.8 Å². The van der Waals surface area contributed by atoms with Crippen LogP contribution in [-0.2, 0) is 38.7 Å². The first-order valence-electron chi connectivity index (χ1n) is 10.6. The summed E-state index contributed by atoms with van der Waals surface area (Å²) in [5, 5.41) is 2.90. The van der Waals surface area contributed by atoms with Crippen LogP contribution in [0.4, 0.5) is 0 Å². The fourth-order valence-corrected chi connectivity index (χ4v) is 4.85. The zero-order valence-corrected chi connectivity index (χ0v) is 24.7. The Morgan fingerprint density at radius 2 is 1.30 bits per heavy atom. The van der Waals surface area contributed by atoms with Gasteiger partial charge < -0.3 is 14.9 Å². The zero-order chi connectivity index (χ0) is 19.9. The summed E-state index contributed by atoms with van der Waals surface area (Å²) in [6.07, 6.45) is 5.19. The first-order valence-corrected chi connectivity index (χ1v) is 10.6. The molecule has 0 saturated carbocycles. The molecule has 3 aromatic carbocycles. The molecule has 0 unspecified atom stereocenters. The van der Waals surface area contributed by atoms with Crippen LogP contribution >= 0.6 is 0 Å². The fourth-order valence-electron chi connectivity index (χ4n) is 4.85. The van der Waals surface area contributed by atoms with Crippen LogP contribution in [0.2, 0.25) is 0 Å². The molecule has 0 bridgehead atoms. The van der Waals surface area contributed by atoms with Gasteiger partial charge in [0.1, 0.15) is 0 Å². The number of fused-ring (bicyclic) bond motifs is 2. The summed E-state index contributed by atoms with van der Waals surface area (Å²) in [5.74, 6) is 0. The second-order valence-corrected chi connectivity index (χ2v) is 8.91. The molecule has 1 aliphatic carbocycles. The molecule has 0 atom stereocenters. The van der Waals surface area contributed by atoms with Gasteiger partial charge >= 0.3 is 25.8 Å². The number of benzene rings is 1. The van der Waals surface area contributed by atoms with Crippen molar-refractivity contribution in [2.24, 2.45) is 5.41 Å². The quantitative estimate of drug-likeness (QED) is 0.214. The Labute approximate surface area is 206 Å². The van der Waals surface area contributed by atoms with Gasteiger partial charge in [0.25, 0.3) is 0 Å². The van der Waals surface area contributed by atoms with Crippen LogP contribution in [0.15, 0.2) is 24.3 Å². The van der Waals surface area contributed by atoms with E-state index in [1.54, 1.807) is 11.1 Å². The molecule has 0 aliphatic heterocycles. The summed E-state index contributed by atoms with van der Waals surface area (Å²) in [6.45, 7) is 17.9. The Bertz CT molecular complexity index is 880. The number of rotatable bonds is 2. The van der Waals surface area contributed by atoms with E-state index in [2.05, 4.69) is 79.7 Å². The van der Waals surface area contributed by atoms with Crippen LogP contribution in [0.5, 0.6) is 0 Å². The van der Waals surface area contributed by atoms with Gasteiger partial charge in [0.15, 0.2) is 0 Å². The van der Waals surface area contributed by atoms with Crippen LogP contribution < -0.4 is 0 Å². The molecule has 0 heterocycles. The van der Waals surface area contributed by atoms with Crippen molar-refractivity contribution in [3.05, 3.63) is 83.6 Å². The molecule has 4 rings (SSSR count). The number of aryl methyl sites for hydroxylation is 1. The number of hydrogen-bond acceptors (Lipinski definition) is 0. The summed E-state index contributed by atoms with van der Waals surface area (Å²) < 4.78 is 0. The maximum atomic E-state index is 2.45. The van der Waals surface area contributed by atoms with E-state index in [-0.39, 0.29) is 40.7 Å². The molecule has 1 aliphatic rings. The van der Waals surface area contributed by atoms with E-state index >= 15 is 0 Å². The van der Waals surface area contributed by atoms with E-state index in [1.807, 2.05) is 0 Å². The van der Waals surface area contributed by atoms with Gasteiger partial charge in [0, 0.05) is 0 Å². The normalized spacial score (nSPS) is 13.5. The summed E-state index contributed by atoms with van der Waals surface area (Å²) in [5.41, 5.74) is 12.5. The summed E-state index contributed by atoms with van der Waals surface area (Å²) >= 11 is 0. The molecule has 1 heteroatoms. The average molecular weight is 569 g/mol. The molecule has 0 fully saturated rings. The Morgan fingerprint density at radius 3 is 1.70 bits per heavy atom. The van der Waals surface area contributed by atoms with Gasteiger partial charge in [-0.3, -0.25) is 0 Å². The summed E-state index contributed by atoms with van der Waals surface area (Å²) in [6, 6.07) is 9.40. The van der Waals surface area contributed by atoms with E-state index in [4.69, 9.17) is 0 Å². The monoisotopic (exact) mass is 570 g/mol. The number of hydrogen-bond donors (Lipinski definition) is 0.